The Hall–Kier alpha value is -1.22. The van der Waals surface area contributed by atoms with Crippen molar-refractivity contribution in [3.05, 3.63) is 28.8 Å². The molecule has 0 aliphatic heterocycles. The van der Waals surface area contributed by atoms with E-state index >= 15 is 0 Å². The molecule has 0 atom stereocenters. The summed E-state index contributed by atoms with van der Waals surface area (Å²) in [6, 6.07) is 4.86. The normalized spacial score (nSPS) is 9.64. The Morgan fingerprint density at radius 3 is 2.71 bits per heavy atom. The molecule has 1 aromatic carbocycles. The Morgan fingerprint density at radius 2 is 2.21 bits per heavy atom. The monoisotopic (exact) mass is 214 g/mol. The van der Waals surface area contributed by atoms with Gasteiger partial charge in [-0.3, -0.25) is 0 Å². The Kier molecular flexibility index (Phi) is 3.77. The van der Waals surface area contributed by atoms with Gasteiger partial charge < -0.3 is 9.47 Å². The van der Waals surface area contributed by atoms with E-state index in [-0.39, 0.29) is 0 Å². The maximum Gasteiger partial charge on any atom is 0.339 e. The quantitative estimate of drug-likeness (QED) is 0.726. The lowest BCUT2D eigenvalue weighted by Gasteiger charge is -2.05. The molecule has 0 unspecified atom stereocenters. The summed E-state index contributed by atoms with van der Waals surface area (Å²) in [4.78, 5) is 11.2. The standard InChI is InChI=1S/C10H11ClO3/c1-3-14-7-4-5-8(9(11)6-7)10(12)13-2/h4-6H,3H2,1-2H3. The number of rotatable bonds is 3. The van der Waals surface area contributed by atoms with E-state index in [1.807, 2.05) is 6.92 Å². The van der Waals surface area contributed by atoms with Crippen molar-refractivity contribution in [2.45, 2.75) is 6.92 Å². The number of halogens is 1. The van der Waals surface area contributed by atoms with Crippen LogP contribution in [-0.4, -0.2) is 19.7 Å². The summed E-state index contributed by atoms with van der Waals surface area (Å²) in [5.74, 6) is 0.197. The fourth-order valence-corrected chi connectivity index (χ4v) is 1.28. The summed E-state index contributed by atoms with van der Waals surface area (Å²) in [5, 5.41) is 0.336. The summed E-state index contributed by atoms with van der Waals surface area (Å²) in [6.07, 6.45) is 0. The number of hydrogen-bond acceptors (Lipinski definition) is 3. The molecule has 1 aromatic rings. The Balaban J connectivity index is 2.95. The molecule has 1 rings (SSSR count). The van der Waals surface area contributed by atoms with Crippen LogP contribution in [0.2, 0.25) is 5.02 Å². The van der Waals surface area contributed by atoms with Gasteiger partial charge in [-0.05, 0) is 25.1 Å². The maximum atomic E-state index is 11.2. The van der Waals surface area contributed by atoms with Crippen molar-refractivity contribution in [1.82, 2.24) is 0 Å². The second-order valence-electron chi connectivity index (χ2n) is 2.57. The van der Waals surface area contributed by atoms with Crippen LogP contribution in [0.1, 0.15) is 17.3 Å². The average molecular weight is 215 g/mol. The number of carbonyl (C=O) groups is 1. The minimum absolute atomic E-state index is 0.336. The summed E-state index contributed by atoms with van der Waals surface area (Å²) in [7, 11) is 1.31. The summed E-state index contributed by atoms with van der Waals surface area (Å²) >= 11 is 5.86. The van der Waals surface area contributed by atoms with Crippen molar-refractivity contribution in [1.29, 1.82) is 0 Å². The van der Waals surface area contributed by atoms with Crippen LogP contribution < -0.4 is 4.74 Å². The van der Waals surface area contributed by atoms with E-state index in [9.17, 15) is 4.79 Å². The van der Waals surface area contributed by atoms with E-state index in [4.69, 9.17) is 16.3 Å². The van der Waals surface area contributed by atoms with Gasteiger partial charge >= 0.3 is 5.97 Å². The van der Waals surface area contributed by atoms with Crippen molar-refractivity contribution in [2.24, 2.45) is 0 Å². The number of benzene rings is 1. The van der Waals surface area contributed by atoms with E-state index in [1.54, 1.807) is 18.2 Å². The van der Waals surface area contributed by atoms with Crippen LogP contribution in [-0.2, 0) is 4.74 Å². The van der Waals surface area contributed by atoms with E-state index < -0.39 is 5.97 Å². The smallest absolute Gasteiger partial charge is 0.339 e. The van der Waals surface area contributed by atoms with Gasteiger partial charge in [-0.15, -0.1) is 0 Å². The molecule has 0 amide bonds. The first-order chi connectivity index (χ1) is 6.69. The second kappa shape index (κ2) is 4.86. The van der Waals surface area contributed by atoms with Crippen LogP contribution in [0.15, 0.2) is 18.2 Å². The minimum Gasteiger partial charge on any atom is -0.494 e. The zero-order valence-electron chi connectivity index (χ0n) is 8.04. The van der Waals surface area contributed by atoms with Crippen LogP contribution in [0.25, 0.3) is 0 Å². The lowest BCUT2D eigenvalue weighted by molar-refractivity contribution is 0.0601. The predicted octanol–water partition coefficient (Wildman–Crippen LogP) is 2.53. The van der Waals surface area contributed by atoms with Gasteiger partial charge in [0.15, 0.2) is 0 Å². The molecule has 0 aliphatic rings. The third-order valence-corrected chi connectivity index (χ3v) is 1.97. The maximum absolute atomic E-state index is 11.2. The van der Waals surface area contributed by atoms with Crippen molar-refractivity contribution in [3.8, 4) is 5.75 Å². The molecule has 0 saturated carbocycles. The zero-order valence-corrected chi connectivity index (χ0v) is 8.80. The van der Waals surface area contributed by atoms with Gasteiger partial charge in [0.1, 0.15) is 5.75 Å². The highest BCUT2D eigenvalue weighted by molar-refractivity contribution is 6.33. The molecule has 0 aliphatic carbocycles. The van der Waals surface area contributed by atoms with Gasteiger partial charge in [-0.2, -0.15) is 0 Å². The van der Waals surface area contributed by atoms with Crippen molar-refractivity contribution in [3.63, 3.8) is 0 Å². The van der Waals surface area contributed by atoms with Gasteiger partial charge in [0, 0.05) is 0 Å². The first kappa shape index (κ1) is 10.9. The molecule has 0 radical (unpaired) electrons. The highest BCUT2D eigenvalue weighted by Gasteiger charge is 2.10. The van der Waals surface area contributed by atoms with Crippen LogP contribution >= 0.6 is 11.6 Å². The largest absolute Gasteiger partial charge is 0.494 e. The first-order valence-electron chi connectivity index (χ1n) is 4.19. The van der Waals surface area contributed by atoms with E-state index in [0.29, 0.717) is 22.9 Å². The molecule has 3 nitrogen and oxygen atoms in total. The lowest BCUT2D eigenvalue weighted by Crippen LogP contribution is -2.02. The molecule has 0 aromatic heterocycles. The SMILES string of the molecule is CCOc1ccc(C(=O)OC)c(Cl)c1. The molecular formula is C10H11ClO3. The molecule has 0 N–H and O–H groups in total. The molecule has 0 fully saturated rings. The van der Waals surface area contributed by atoms with Gasteiger partial charge in [0.05, 0.1) is 24.3 Å². The average Bonchev–Trinajstić information content (AvgIpc) is 2.17. The minimum atomic E-state index is -0.446. The first-order valence-corrected chi connectivity index (χ1v) is 4.57. The predicted molar refractivity (Wildman–Crippen MR) is 54.0 cm³/mol. The number of ether oxygens (including phenoxy) is 2. The summed E-state index contributed by atoms with van der Waals surface area (Å²) in [6.45, 7) is 2.44. The molecule has 0 heterocycles. The van der Waals surface area contributed by atoms with Crippen LogP contribution in [0.3, 0.4) is 0 Å². The molecule has 14 heavy (non-hydrogen) atoms. The van der Waals surface area contributed by atoms with Gasteiger partial charge in [0.2, 0.25) is 0 Å². The van der Waals surface area contributed by atoms with Crippen LogP contribution in [0, 0.1) is 0 Å². The Morgan fingerprint density at radius 1 is 1.50 bits per heavy atom. The molecule has 76 valence electrons. The van der Waals surface area contributed by atoms with Gasteiger partial charge in [-0.25, -0.2) is 4.79 Å². The third kappa shape index (κ3) is 2.39. The summed E-state index contributed by atoms with van der Waals surface area (Å²) in [5.41, 5.74) is 0.345. The molecular weight excluding hydrogens is 204 g/mol. The topological polar surface area (TPSA) is 35.5 Å². The van der Waals surface area contributed by atoms with Crippen molar-refractivity contribution < 1.29 is 14.3 Å². The van der Waals surface area contributed by atoms with Crippen molar-refractivity contribution in [2.75, 3.05) is 13.7 Å². The van der Waals surface area contributed by atoms with E-state index in [2.05, 4.69) is 4.74 Å². The van der Waals surface area contributed by atoms with Gasteiger partial charge in [-0.1, -0.05) is 11.6 Å². The highest BCUT2D eigenvalue weighted by Crippen LogP contribution is 2.23. The van der Waals surface area contributed by atoms with E-state index in [0.717, 1.165) is 0 Å². The number of esters is 1. The number of hydrogen-bond donors (Lipinski definition) is 0. The summed E-state index contributed by atoms with van der Waals surface area (Å²) < 4.78 is 9.77. The molecule has 0 saturated heterocycles. The molecule has 4 heteroatoms. The Labute approximate surface area is 87.6 Å². The molecule has 0 bridgehead atoms. The Bertz CT molecular complexity index is 336. The van der Waals surface area contributed by atoms with Gasteiger partial charge in [0.25, 0.3) is 0 Å². The zero-order chi connectivity index (χ0) is 10.6. The molecule has 0 spiro atoms. The van der Waals surface area contributed by atoms with Crippen LogP contribution in [0.4, 0.5) is 0 Å². The fraction of sp³-hybridized carbons (Fsp3) is 0.300. The fourth-order valence-electron chi connectivity index (χ4n) is 1.03. The third-order valence-electron chi connectivity index (χ3n) is 1.66. The lowest BCUT2D eigenvalue weighted by atomic mass is 10.2. The van der Waals surface area contributed by atoms with E-state index in [1.165, 1.54) is 7.11 Å². The van der Waals surface area contributed by atoms with Crippen molar-refractivity contribution >= 4 is 17.6 Å². The number of carbonyl (C=O) groups excluding carboxylic acids is 1. The number of methoxy groups -OCH3 is 1. The highest BCUT2D eigenvalue weighted by atomic mass is 35.5. The van der Waals surface area contributed by atoms with Crippen LogP contribution in [0.5, 0.6) is 5.75 Å². The second-order valence-corrected chi connectivity index (χ2v) is 2.97.